The quantitative estimate of drug-likeness (QED) is 0.892. The highest BCUT2D eigenvalue weighted by Crippen LogP contribution is 2.57. The lowest BCUT2D eigenvalue weighted by molar-refractivity contribution is -0.123. The van der Waals surface area contributed by atoms with Gasteiger partial charge in [-0.25, -0.2) is 4.39 Å². The second-order valence-electron chi connectivity index (χ2n) is 7.63. The van der Waals surface area contributed by atoms with Crippen molar-refractivity contribution in [2.24, 2.45) is 11.8 Å². The number of nitrogens with one attached hydrogen (secondary N) is 1. The maximum Gasteiger partial charge on any atom is 0.223 e. The van der Waals surface area contributed by atoms with Gasteiger partial charge in [-0.2, -0.15) is 0 Å². The van der Waals surface area contributed by atoms with E-state index >= 15 is 0 Å². The summed E-state index contributed by atoms with van der Waals surface area (Å²) in [5.41, 5.74) is 2.30. The van der Waals surface area contributed by atoms with Crippen LogP contribution in [0.15, 0.2) is 12.1 Å². The lowest BCUT2D eigenvalue weighted by Gasteiger charge is -2.43. The van der Waals surface area contributed by atoms with Crippen molar-refractivity contribution < 1.29 is 18.7 Å². The van der Waals surface area contributed by atoms with Crippen molar-refractivity contribution >= 4 is 5.91 Å². The minimum Gasteiger partial charge on any atom is -0.493 e. The predicted octanol–water partition coefficient (Wildman–Crippen LogP) is 3.77. The van der Waals surface area contributed by atoms with Crippen LogP contribution in [0.3, 0.4) is 0 Å². The summed E-state index contributed by atoms with van der Waals surface area (Å²) in [5, 5.41) is 3.26. The zero-order chi connectivity index (χ0) is 18.4. The topological polar surface area (TPSA) is 47.6 Å². The maximum atomic E-state index is 14.5. The Kier molecular flexibility index (Phi) is 4.57. The minimum absolute atomic E-state index is 0.0344. The molecule has 142 valence electrons. The first kappa shape index (κ1) is 17.6. The number of rotatable bonds is 3. The number of alkyl halides is 1. The molecule has 2 saturated carbocycles. The normalized spacial score (nSPS) is 33.3. The van der Waals surface area contributed by atoms with E-state index in [9.17, 15) is 9.18 Å². The van der Waals surface area contributed by atoms with E-state index in [2.05, 4.69) is 11.4 Å². The Morgan fingerprint density at radius 2 is 2.00 bits per heavy atom. The van der Waals surface area contributed by atoms with Crippen molar-refractivity contribution in [3.63, 3.8) is 0 Å². The van der Waals surface area contributed by atoms with Gasteiger partial charge in [0.05, 0.1) is 7.11 Å². The van der Waals surface area contributed by atoms with Crippen LogP contribution in [0.25, 0.3) is 0 Å². The van der Waals surface area contributed by atoms with Crippen LogP contribution in [0, 0.1) is 11.8 Å². The van der Waals surface area contributed by atoms with E-state index in [0.717, 1.165) is 37.0 Å². The molecule has 0 spiro atoms. The highest BCUT2D eigenvalue weighted by Gasteiger charge is 2.54. The van der Waals surface area contributed by atoms with Crippen molar-refractivity contribution in [3.05, 3.63) is 23.3 Å². The van der Waals surface area contributed by atoms with E-state index in [1.165, 1.54) is 5.56 Å². The standard InChI is InChI=1S/C19H22FNO3.C2H6/c1-23-14-7-4-10-8-13(21-19(22)9-2-3-9)11-5-6-12(20)17-16(11)15(10)18(14)24-17;1-2/h4,7,9,11-13,16-17H,2-3,5-6,8H2,1H3,(H,21,22);1-2H3/t11?,12?,13-,16?,17+;/m0./s1. The Labute approximate surface area is 154 Å². The molecule has 0 aromatic heterocycles. The van der Waals surface area contributed by atoms with E-state index in [-0.39, 0.29) is 29.7 Å². The van der Waals surface area contributed by atoms with E-state index in [1.54, 1.807) is 7.11 Å². The summed E-state index contributed by atoms with van der Waals surface area (Å²) in [6.45, 7) is 4.00. The summed E-state index contributed by atoms with van der Waals surface area (Å²) in [5.74, 6) is 2.08. The summed E-state index contributed by atoms with van der Waals surface area (Å²) in [7, 11) is 1.62. The van der Waals surface area contributed by atoms with Gasteiger partial charge in [0.15, 0.2) is 11.5 Å². The number of ether oxygens (including phenoxy) is 2. The first-order valence-corrected chi connectivity index (χ1v) is 9.98. The molecule has 5 rings (SSSR count). The van der Waals surface area contributed by atoms with Crippen LogP contribution < -0.4 is 14.8 Å². The molecule has 3 aliphatic carbocycles. The number of benzene rings is 1. The van der Waals surface area contributed by atoms with Crippen molar-refractivity contribution in [2.45, 2.75) is 70.2 Å². The highest BCUT2D eigenvalue weighted by molar-refractivity contribution is 5.81. The molecule has 1 aromatic carbocycles. The monoisotopic (exact) mass is 361 g/mol. The first-order valence-electron chi connectivity index (χ1n) is 9.98. The molecular formula is C21H28FNO3. The van der Waals surface area contributed by atoms with E-state index in [0.29, 0.717) is 12.2 Å². The fourth-order valence-corrected chi connectivity index (χ4v) is 4.92. The van der Waals surface area contributed by atoms with Crippen LogP contribution in [0.2, 0.25) is 0 Å². The molecule has 1 aliphatic heterocycles. The predicted molar refractivity (Wildman–Crippen MR) is 97.5 cm³/mol. The van der Waals surface area contributed by atoms with E-state index in [1.807, 2.05) is 19.9 Å². The molecule has 4 aliphatic rings. The van der Waals surface area contributed by atoms with Crippen molar-refractivity contribution in [2.75, 3.05) is 7.11 Å². The number of amides is 1. The van der Waals surface area contributed by atoms with E-state index < -0.39 is 12.3 Å². The van der Waals surface area contributed by atoms with Crippen molar-refractivity contribution in [1.82, 2.24) is 5.32 Å². The lowest BCUT2D eigenvalue weighted by Crippen LogP contribution is -2.52. The van der Waals surface area contributed by atoms with Gasteiger partial charge in [-0.15, -0.1) is 0 Å². The summed E-state index contributed by atoms with van der Waals surface area (Å²) >= 11 is 0. The third-order valence-corrected chi connectivity index (χ3v) is 6.24. The summed E-state index contributed by atoms with van der Waals surface area (Å²) in [4.78, 5) is 12.3. The molecule has 1 N–H and O–H groups in total. The second kappa shape index (κ2) is 6.75. The number of halogens is 1. The van der Waals surface area contributed by atoms with Crippen molar-refractivity contribution in [3.8, 4) is 11.5 Å². The van der Waals surface area contributed by atoms with Gasteiger partial charge in [-0.1, -0.05) is 19.9 Å². The number of carbonyl (C=O) groups is 1. The fourth-order valence-electron chi connectivity index (χ4n) is 4.92. The highest BCUT2D eigenvalue weighted by atomic mass is 19.1. The molecule has 5 atom stereocenters. The Morgan fingerprint density at radius 1 is 1.23 bits per heavy atom. The third-order valence-electron chi connectivity index (χ3n) is 6.24. The first-order chi connectivity index (χ1) is 12.7. The third kappa shape index (κ3) is 2.67. The molecule has 4 nitrogen and oxygen atoms in total. The molecule has 26 heavy (non-hydrogen) atoms. The fraction of sp³-hybridized carbons (Fsp3) is 0.667. The molecule has 1 amide bonds. The smallest absolute Gasteiger partial charge is 0.223 e. The van der Waals surface area contributed by atoms with Gasteiger partial charge in [-0.3, -0.25) is 4.79 Å². The van der Waals surface area contributed by atoms with Gasteiger partial charge in [0.2, 0.25) is 5.91 Å². The van der Waals surface area contributed by atoms with Crippen LogP contribution in [0.5, 0.6) is 11.5 Å². The average molecular weight is 361 g/mol. The minimum atomic E-state index is -0.950. The van der Waals surface area contributed by atoms with Crippen molar-refractivity contribution in [1.29, 1.82) is 0 Å². The number of carbonyl (C=O) groups excluding carboxylic acids is 1. The molecule has 0 bridgehead atoms. The second-order valence-corrected chi connectivity index (χ2v) is 7.63. The maximum absolute atomic E-state index is 14.5. The van der Waals surface area contributed by atoms with Gasteiger partial charge < -0.3 is 14.8 Å². The molecule has 0 saturated heterocycles. The zero-order valence-electron chi connectivity index (χ0n) is 15.8. The Balaban J connectivity index is 0.000000814. The van der Waals surface area contributed by atoms with Crippen LogP contribution in [0.4, 0.5) is 4.39 Å². The average Bonchev–Trinajstić information content (AvgIpc) is 3.44. The van der Waals surface area contributed by atoms with Gasteiger partial charge in [0.1, 0.15) is 12.3 Å². The van der Waals surface area contributed by atoms with Crippen LogP contribution in [-0.2, 0) is 11.2 Å². The molecule has 3 unspecified atom stereocenters. The van der Waals surface area contributed by atoms with E-state index in [4.69, 9.17) is 9.47 Å². The molecule has 5 heteroatoms. The SMILES string of the molecule is CC.COc1ccc2c3c1O[C@@H]1C(F)CCC(C31)[C@@H](NC(=O)C1CC1)C2. The number of methoxy groups -OCH3 is 1. The Hall–Kier alpha value is -1.78. The van der Waals surface area contributed by atoms with Crippen LogP contribution in [-0.4, -0.2) is 31.3 Å². The van der Waals surface area contributed by atoms with Gasteiger partial charge in [-0.05, 0) is 49.7 Å². The summed E-state index contributed by atoms with van der Waals surface area (Å²) in [6, 6.07) is 4.05. The van der Waals surface area contributed by atoms with Gasteiger partial charge in [0.25, 0.3) is 0 Å². The van der Waals surface area contributed by atoms with Gasteiger partial charge in [0, 0.05) is 23.4 Å². The summed E-state index contributed by atoms with van der Waals surface area (Å²) < 4.78 is 26.0. The van der Waals surface area contributed by atoms with Crippen LogP contribution in [0.1, 0.15) is 56.6 Å². The molecule has 2 fully saturated rings. The zero-order valence-corrected chi connectivity index (χ0v) is 15.8. The Morgan fingerprint density at radius 3 is 2.69 bits per heavy atom. The number of hydrogen-bond donors (Lipinski definition) is 1. The Bertz CT molecular complexity index is 703. The van der Waals surface area contributed by atoms with Gasteiger partial charge >= 0.3 is 0 Å². The molecule has 1 heterocycles. The molecular weight excluding hydrogens is 333 g/mol. The van der Waals surface area contributed by atoms with Crippen LogP contribution >= 0.6 is 0 Å². The molecule has 0 radical (unpaired) electrons. The largest absolute Gasteiger partial charge is 0.493 e. The molecule has 1 aromatic rings. The number of hydrogen-bond acceptors (Lipinski definition) is 3. The summed E-state index contributed by atoms with van der Waals surface area (Å²) in [6.07, 6.45) is 2.73. The lowest BCUT2D eigenvalue weighted by atomic mass is 9.65.